The average Bonchev–Trinajstić information content (AvgIpc) is 3.37. The van der Waals surface area contributed by atoms with Gasteiger partial charge in [-0.1, -0.05) is 12.1 Å². The minimum Gasteiger partial charge on any atom is -0.398 e. The van der Waals surface area contributed by atoms with Crippen LogP contribution in [0.15, 0.2) is 48.8 Å². The Morgan fingerprint density at radius 3 is 2.64 bits per heavy atom. The summed E-state index contributed by atoms with van der Waals surface area (Å²) in [4.78, 5) is 24.7. The number of carbonyl (C=O) groups excluding carboxylic acids is 1. The number of anilines is 1. The van der Waals surface area contributed by atoms with Crippen molar-refractivity contribution in [2.45, 2.75) is 32.1 Å². The Balaban J connectivity index is 1.45. The molecule has 5 N–H and O–H groups in total. The number of nitrogen functional groups attached to an aromatic ring is 1. The van der Waals surface area contributed by atoms with Crippen LogP contribution in [-0.4, -0.2) is 33.6 Å². The van der Waals surface area contributed by atoms with Crippen LogP contribution in [0.25, 0.3) is 22.2 Å². The van der Waals surface area contributed by atoms with E-state index in [1.54, 1.807) is 12.4 Å². The van der Waals surface area contributed by atoms with Gasteiger partial charge in [-0.15, -0.1) is 0 Å². The summed E-state index contributed by atoms with van der Waals surface area (Å²) >= 11 is 0. The molecule has 1 aliphatic rings. The van der Waals surface area contributed by atoms with Gasteiger partial charge in [-0.25, -0.2) is 9.97 Å². The molecule has 2 aromatic heterocycles. The summed E-state index contributed by atoms with van der Waals surface area (Å²) in [6.45, 7) is 0.520. The topological polar surface area (TPSA) is 121 Å². The van der Waals surface area contributed by atoms with Crippen LogP contribution < -0.4 is 11.1 Å². The van der Waals surface area contributed by atoms with Crippen LogP contribution in [0.5, 0.6) is 0 Å². The first kappa shape index (κ1) is 20.9. The fraction of sp³-hybridized carbons (Fsp3) is 0.231. The van der Waals surface area contributed by atoms with Crippen LogP contribution in [-0.2, 0) is 19.3 Å². The second-order valence-corrected chi connectivity index (χ2v) is 8.35. The van der Waals surface area contributed by atoms with Gasteiger partial charge in [0.25, 0.3) is 5.91 Å². The van der Waals surface area contributed by atoms with Crippen LogP contribution in [0, 0.1) is 5.41 Å². The predicted octanol–water partition coefficient (Wildman–Crippen LogP) is 4.06. The molecule has 0 saturated heterocycles. The lowest BCUT2D eigenvalue weighted by atomic mass is 9.85. The van der Waals surface area contributed by atoms with Gasteiger partial charge in [0.05, 0.1) is 11.2 Å². The molecule has 7 heteroatoms. The van der Waals surface area contributed by atoms with Crippen molar-refractivity contribution in [2.75, 3.05) is 12.3 Å². The Morgan fingerprint density at radius 2 is 1.91 bits per heavy atom. The number of nitrogens with zero attached hydrogens (tertiary/aromatic N) is 2. The molecule has 7 nitrogen and oxygen atoms in total. The quantitative estimate of drug-likeness (QED) is 0.268. The normalized spacial score (nSPS) is 13.0. The van der Waals surface area contributed by atoms with Gasteiger partial charge >= 0.3 is 0 Å². The number of aromatic amines is 1. The molecule has 0 saturated carbocycles. The molecule has 1 aliphatic carbocycles. The van der Waals surface area contributed by atoms with Crippen molar-refractivity contribution in [1.29, 1.82) is 5.41 Å². The first-order valence-corrected chi connectivity index (χ1v) is 11.3. The van der Waals surface area contributed by atoms with E-state index in [9.17, 15) is 4.79 Å². The zero-order valence-electron chi connectivity index (χ0n) is 18.3. The summed E-state index contributed by atoms with van der Waals surface area (Å²) in [6.07, 6.45) is 9.63. The van der Waals surface area contributed by atoms with Gasteiger partial charge in [0.2, 0.25) is 0 Å². The molecule has 1 amide bonds. The second-order valence-electron chi connectivity index (χ2n) is 8.35. The molecular formula is C26H26N6O. The number of hydrogen-bond donors (Lipinski definition) is 4. The third-order valence-corrected chi connectivity index (χ3v) is 6.31. The molecule has 33 heavy (non-hydrogen) atoms. The van der Waals surface area contributed by atoms with Gasteiger partial charge in [-0.05, 0) is 61.1 Å². The number of imidazole rings is 1. The molecule has 4 aromatic rings. The number of pyridine rings is 1. The summed E-state index contributed by atoms with van der Waals surface area (Å²) in [5.74, 6) is 0.749. The Bertz CT molecular complexity index is 1330. The van der Waals surface area contributed by atoms with Crippen LogP contribution >= 0.6 is 0 Å². The van der Waals surface area contributed by atoms with Gasteiger partial charge in [0.1, 0.15) is 5.82 Å². The average molecular weight is 439 g/mol. The van der Waals surface area contributed by atoms with Crippen LogP contribution in [0.4, 0.5) is 5.69 Å². The lowest BCUT2D eigenvalue weighted by molar-refractivity contribution is 0.0954. The Labute approximate surface area is 192 Å². The van der Waals surface area contributed by atoms with Gasteiger partial charge in [0, 0.05) is 59.3 Å². The first-order valence-electron chi connectivity index (χ1n) is 11.3. The number of rotatable bonds is 6. The van der Waals surface area contributed by atoms with E-state index >= 15 is 0 Å². The number of aromatic nitrogens is 3. The van der Waals surface area contributed by atoms with Crippen LogP contribution in [0.1, 0.15) is 45.7 Å². The van der Waals surface area contributed by atoms with Gasteiger partial charge in [-0.3, -0.25) is 4.79 Å². The van der Waals surface area contributed by atoms with Crippen molar-refractivity contribution in [1.82, 2.24) is 20.3 Å². The molecule has 0 radical (unpaired) electrons. The summed E-state index contributed by atoms with van der Waals surface area (Å²) < 4.78 is 0. The Hall–Kier alpha value is -4.00. The molecule has 0 unspecified atom stereocenters. The number of hydrogen-bond acceptors (Lipinski definition) is 5. The highest BCUT2D eigenvalue weighted by atomic mass is 16.1. The Morgan fingerprint density at radius 1 is 1.12 bits per heavy atom. The molecule has 5 rings (SSSR count). The number of aryl methyl sites for hydroxylation is 1. The van der Waals surface area contributed by atoms with Crippen molar-refractivity contribution >= 4 is 28.7 Å². The largest absolute Gasteiger partial charge is 0.398 e. The van der Waals surface area contributed by atoms with E-state index in [-0.39, 0.29) is 5.91 Å². The summed E-state index contributed by atoms with van der Waals surface area (Å²) in [6, 6.07) is 11.4. The highest BCUT2D eigenvalue weighted by Crippen LogP contribution is 2.37. The molecule has 2 aromatic carbocycles. The standard InChI is InChI=1S/C26H26N6O/c27-15-20-21(28)9-10-22-24(20)18-3-1-2-4-19(18)25(32-22)16-5-7-17(8-6-16)26(33)31-12-11-23-29-13-14-30-23/h5-10,13-15,27H,1-4,11-12,28H2,(H,29,30)(H,31,33). The summed E-state index contributed by atoms with van der Waals surface area (Å²) in [7, 11) is 0. The van der Waals surface area contributed by atoms with E-state index in [1.807, 2.05) is 36.4 Å². The van der Waals surface area contributed by atoms with E-state index < -0.39 is 0 Å². The fourth-order valence-electron chi connectivity index (χ4n) is 4.67. The molecule has 0 aliphatic heterocycles. The van der Waals surface area contributed by atoms with Gasteiger partial charge in [0.15, 0.2) is 0 Å². The van der Waals surface area contributed by atoms with Crippen molar-refractivity contribution < 1.29 is 4.79 Å². The molecule has 2 heterocycles. The second kappa shape index (κ2) is 8.86. The third-order valence-electron chi connectivity index (χ3n) is 6.31. The smallest absolute Gasteiger partial charge is 0.251 e. The summed E-state index contributed by atoms with van der Waals surface area (Å²) in [5, 5.41) is 11.8. The number of H-pyrrole nitrogens is 1. The van der Waals surface area contributed by atoms with Crippen molar-refractivity contribution in [3.05, 3.63) is 76.9 Å². The molecule has 0 spiro atoms. The molecule has 0 fully saturated rings. The van der Waals surface area contributed by atoms with Crippen molar-refractivity contribution in [2.24, 2.45) is 0 Å². The van der Waals surface area contributed by atoms with E-state index in [0.29, 0.717) is 24.2 Å². The first-order chi connectivity index (χ1) is 16.2. The highest BCUT2D eigenvalue weighted by Gasteiger charge is 2.21. The maximum Gasteiger partial charge on any atom is 0.251 e. The number of nitrogens with one attached hydrogen (secondary N) is 3. The molecule has 0 bridgehead atoms. The van der Waals surface area contributed by atoms with Crippen LogP contribution in [0.2, 0.25) is 0 Å². The lowest BCUT2D eigenvalue weighted by Crippen LogP contribution is -2.25. The number of nitrogens with two attached hydrogens (primary N) is 1. The number of carbonyl (C=O) groups is 1. The fourth-order valence-corrected chi connectivity index (χ4v) is 4.67. The predicted molar refractivity (Wildman–Crippen MR) is 131 cm³/mol. The lowest BCUT2D eigenvalue weighted by Gasteiger charge is -2.23. The molecule has 0 atom stereocenters. The van der Waals surface area contributed by atoms with Gasteiger partial charge < -0.3 is 21.4 Å². The zero-order valence-corrected chi connectivity index (χ0v) is 18.3. The number of benzene rings is 2. The highest BCUT2D eigenvalue weighted by molar-refractivity contribution is 6.05. The van der Waals surface area contributed by atoms with Crippen LogP contribution in [0.3, 0.4) is 0 Å². The maximum atomic E-state index is 12.5. The molecular weight excluding hydrogens is 412 g/mol. The number of amides is 1. The van der Waals surface area contributed by atoms with Crippen molar-refractivity contribution in [3.8, 4) is 11.3 Å². The van der Waals surface area contributed by atoms with E-state index in [0.717, 1.165) is 59.2 Å². The van der Waals surface area contributed by atoms with E-state index in [2.05, 4.69) is 15.3 Å². The maximum absolute atomic E-state index is 12.5. The summed E-state index contributed by atoms with van der Waals surface area (Å²) in [5.41, 5.74) is 13.5. The van der Waals surface area contributed by atoms with E-state index in [4.69, 9.17) is 16.1 Å². The minimum absolute atomic E-state index is 0.104. The van der Waals surface area contributed by atoms with Gasteiger partial charge in [-0.2, -0.15) is 0 Å². The Kier molecular flexibility index (Phi) is 5.60. The number of fused-ring (bicyclic) bond motifs is 3. The van der Waals surface area contributed by atoms with Crippen molar-refractivity contribution in [3.63, 3.8) is 0 Å². The zero-order chi connectivity index (χ0) is 22.8. The molecule has 166 valence electrons. The minimum atomic E-state index is -0.104. The van der Waals surface area contributed by atoms with E-state index in [1.165, 1.54) is 17.3 Å². The third kappa shape index (κ3) is 3.98. The SMILES string of the molecule is N=Cc1c(N)ccc2nc(-c3ccc(C(=O)NCCc4ncc[nH]4)cc3)c3c(c12)CCCC3. The monoisotopic (exact) mass is 438 g/mol.